The van der Waals surface area contributed by atoms with Crippen LogP contribution in [0.4, 0.5) is 10.2 Å². The van der Waals surface area contributed by atoms with Crippen molar-refractivity contribution in [2.45, 2.75) is 26.7 Å². The van der Waals surface area contributed by atoms with Gasteiger partial charge in [-0.05, 0) is 61.4 Å². The van der Waals surface area contributed by atoms with Gasteiger partial charge in [-0.3, -0.25) is 4.79 Å². The molecule has 4 rings (SSSR count). The Hall–Kier alpha value is -3.94. The number of benzene rings is 1. The molecule has 1 amide bonds. The van der Waals surface area contributed by atoms with E-state index in [2.05, 4.69) is 10.1 Å². The summed E-state index contributed by atoms with van der Waals surface area (Å²) in [6.45, 7) is 3.70. The molecule has 164 valence electrons. The molecular formula is C24H24FN5O2. The minimum absolute atomic E-state index is 0.263. The molecule has 0 atom stereocenters. The number of hydrogen-bond donors (Lipinski definition) is 0. The van der Waals surface area contributed by atoms with Gasteiger partial charge in [0.25, 0.3) is 0 Å². The second-order valence-corrected chi connectivity index (χ2v) is 7.14. The maximum absolute atomic E-state index is 13.7. The fourth-order valence-corrected chi connectivity index (χ4v) is 3.07. The summed E-state index contributed by atoms with van der Waals surface area (Å²) in [5.74, 6) is 0.246. The van der Waals surface area contributed by atoms with Crippen LogP contribution in [0, 0.1) is 12.7 Å². The Bertz CT molecular complexity index is 1240. The molecule has 0 saturated heterocycles. The molecule has 32 heavy (non-hydrogen) atoms. The fourth-order valence-electron chi connectivity index (χ4n) is 3.07. The van der Waals surface area contributed by atoms with Crippen molar-refractivity contribution >= 4 is 24.2 Å². The van der Waals surface area contributed by atoms with Crippen LogP contribution in [0.2, 0.25) is 0 Å². The molecule has 0 N–H and O–H groups in total. The number of pyridine rings is 1. The minimum atomic E-state index is -0.263. The molecule has 0 bridgehead atoms. The number of carbonyl (C=O) groups excluding carboxylic acids is 2. The van der Waals surface area contributed by atoms with Crippen molar-refractivity contribution in [1.29, 1.82) is 0 Å². The Kier molecular flexibility index (Phi) is 7.38. The molecule has 0 radical (unpaired) electrons. The van der Waals surface area contributed by atoms with Crippen molar-refractivity contribution in [3.05, 3.63) is 66.2 Å². The summed E-state index contributed by atoms with van der Waals surface area (Å²) in [5, 5.41) is 4.41. The molecule has 0 spiro atoms. The van der Waals surface area contributed by atoms with Crippen molar-refractivity contribution in [1.82, 2.24) is 19.6 Å². The fraction of sp³-hybridized carbons (Fsp3) is 0.208. The lowest BCUT2D eigenvalue weighted by atomic mass is 10.0. The van der Waals surface area contributed by atoms with Crippen molar-refractivity contribution in [3.8, 4) is 22.5 Å². The van der Waals surface area contributed by atoms with Crippen LogP contribution in [0.3, 0.4) is 0 Å². The molecule has 0 saturated carbocycles. The summed E-state index contributed by atoms with van der Waals surface area (Å²) < 4.78 is 15.5. The maximum Gasteiger partial charge on any atom is 0.215 e. The van der Waals surface area contributed by atoms with Gasteiger partial charge < -0.3 is 9.69 Å². The van der Waals surface area contributed by atoms with Crippen LogP contribution in [-0.2, 0) is 9.59 Å². The van der Waals surface area contributed by atoms with Crippen LogP contribution in [-0.4, -0.2) is 39.3 Å². The zero-order valence-corrected chi connectivity index (χ0v) is 18.2. The first-order valence-corrected chi connectivity index (χ1v) is 10.2. The van der Waals surface area contributed by atoms with E-state index in [0.29, 0.717) is 35.6 Å². The second kappa shape index (κ2) is 10.4. The van der Waals surface area contributed by atoms with Crippen LogP contribution in [0.25, 0.3) is 28.2 Å². The normalized spacial score (nSPS) is 10.4. The molecule has 1 aromatic carbocycles. The van der Waals surface area contributed by atoms with E-state index in [4.69, 9.17) is 4.98 Å². The number of halogens is 1. The van der Waals surface area contributed by atoms with E-state index >= 15 is 0 Å². The number of fused-ring (bicyclic) bond motifs is 1. The number of aryl methyl sites for hydroxylation is 1. The number of imidazole rings is 1. The molecule has 8 heteroatoms. The van der Waals surface area contributed by atoms with Gasteiger partial charge >= 0.3 is 0 Å². The molecule has 3 aromatic heterocycles. The number of carbonyl (C=O) groups is 2. The van der Waals surface area contributed by atoms with Crippen molar-refractivity contribution in [2.75, 3.05) is 11.9 Å². The summed E-state index contributed by atoms with van der Waals surface area (Å²) in [4.78, 5) is 30.8. The molecule has 0 aliphatic rings. The lowest BCUT2D eigenvalue weighted by molar-refractivity contribution is -0.108. The Balaban J connectivity index is 0.000000523. The molecule has 0 fully saturated rings. The second-order valence-electron chi connectivity index (χ2n) is 7.14. The zero-order chi connectivity index (χ0) is 23.1. The van der Waals surface area contributed by atoms with Gasteiger partial charge in [-0.2, -0.15) is 5.10 Å². The molecule has 0 aliphatic heterocycles. The largest absolute Gasteiger partial charge is 0.303 e. The van der Waals surface area contributed by atoms with E-state index in [1.807, 2.05) is 25.1 Å². The lowest BCUT2D eigenvalue weighted by Crippen LogP contribution is -2.15. The van der Waals surface area contributed by atoms with Gasteiger partial charge in [0.05, 0.1) is 5.69 Å². The van der Waals surface area contributed by atoms with Gasteiger partial charge in [-0.1, -0.05) is 6.92 Å². The third-order valence-electron chi connectivity index (χ3n) is 4.77. The Morgan fingerprint density at radius 2 is 1.91 bits per heavy atom. The first kappa shape index (κ1) is 22.7. The van der Waals surface area contributed by atoms with E-state index in [1.165, 1.54) is 11.0 Å². The molecular weight excluding hydrogens is 409 g/mol. The number of aromatic nitrogens is 4. The Labute approximate surface area is 185 Å². The number of nitrogens with zero attached hydrogens (tertiary/aromatic N) is 5. The minimum Gasteiger partial charge on any atom is -0.303 e. The van der Waals surface area contributed by atoms with E-state index in [9.17, 15) is 14.0 Å². The quantitative estimate of drug-likeness (QED) is 0.419. The standard InChI is InChI=1S/C20H16FN5O.C4H8O/c1-13-10-14(5-6-16(13)21)19-20(26-17(24-19)4-3-8-23-26)15-7-9-22-18(11-15)25(2)12-27;1-2-3-4-5/h3-12H,1-2H3;4H,2-3H2,1H3. The van der Waals surface area contributed by atoms with Crippen molar-refractivity contribution < 1.29 is 14.0 Å². The van der Waals surface area contributed by atoms with Gasteiger partial charge in [-0.15, -0.1) is 0 Å². The number of hydrogen-bond acceptors (Lipinski definition) is 5. The van der Waals surface area contributed by atoms with Gasteiger partial charge in [-0.25, -0.2) is 18.9 Å². The lowest BCUT2D eigenvalue weighted by Gasteiger charge is -2.11. The summed E-state index contributed by atoms with van der Waals surface area (Å²) in [6, 6.07) is 12.2. The Morgan fingerprint density at radius 3 is 2.56 bits per heavy atom. The third kappa shape index (κ3) is 4.85. The van der Waals surface area contributed by atoms with Crippen LogP contribution >= 0.6 is 0 Å². The monoisotopic (exact) mass is 433 g/mol. The molecule has 3 heterocycles. The SMILES string of the molecule is CCCC=O.Cc1cc(-c2nc3cccnn3c2-c2ccnc(N(C)C=O)c2)ccc1F. The molecule has 7 nitrogen and oxygen atoms in total. The summed E-state index contributed by atoms with van der Waals surface area (Å²) >= 11 is 0. The average molecular weight is 433 g/mol. The predicted octanol–water partition coefficient (Wildman–Crippen LogP) is 4.48. The first-order chi connectivity index (χ1) is 15.5. The highest BCUT2D eigenvalue weighted by molar-refractivity contribution is 5.83. The highest BCUT2D eigenvalue weighted by Crippen LogP contribution is 2.33. The highest BCUT2D eigenvalue weighted by Gasteiger charge is 2.18. The van der Waals surface area contributed by atoms with Gasteiger partial charge in [0.1, 0.15) is 23.6 Å². The third-order valence-corrected chi connectivity index (χ3v) is 4.77. The van der Waals surface area contributed by atoms with Gasteiger partial charge in [0, 0.05) is 37.0 Å². The summed E-state index contributed by atoms with van der Waals surface area (Å²) in [6.07, 6.45) is 6.62. The highest BCUT2D eigenvalue weighted by atomic mass is 19.1. The predicted molar refractivity (Wildman–Crippen MR) is 122 cm³/mol. The molecule has 4 aromatic rings. The number of rotatable bonds is 6. The van der Waals surface area contributed by atoms with Gasteiger partial charge in [0.2, 0.25) is 6.41 Å². The van der Waals surface area contributed by atoms with Crippen LogP contribution in [0.15, 0.2) is 54.9 Å². The van der Waals surface area contributed by atoms with E-state index in [-0.39, 0.29) is 5.82 Å². The van der Waals surface area contributed by atoms with Crippen molar-refractivity contribution in [2.24, 2.45) is 0 Å². The summed E-state index contributed by atoms with van der Waals surface area (Å²) in [7, 11) is 1.64. The average Bonchev–Trinajstić information content (AvgIpc) is 3.21. The Morgan fingerprint density at radius 1 is 1.09 bits per heavy atom. The van der Waals surface area contributed by atoms with Crippen LogP contribution in [0.5, 0.6) is 0 Å². The van der Waals surface area contributed by atoms with Crippen LogP contribution < -0.4 is 4.90 Å². The number of amides is 1. The topological polar surface area (TPSA) is 80.5 Å². The van der Waals surface area contributed by atoms with Gasteiger partial charge in [0.15, 0.2) is 5.65 Å². The van der Waals surface area contributed by atoms with E-state index in [1.54, 1.807) is 49.1 Å². The molecule has 0 aliphatic carbocycles. The first-order valence-electron chi connectivity index (χ1n) is 10.2. The van der Waals surface area contributed by atoms with E-state index < -0.39 is 0 Å². The van der Waals surface area contributed by atoms with Crippen LogP contribution in [0.1, 0.15) is 25.3 Å². The summed E-state index contributed by atoms with van der Waals surface area (Å²) in [5.41, 5.74) is 4.24. The number of unbranched alkanes of at least 4 members (excludes halogenated alkanes) is 1. The number of aldehydes is 1. The van der Waals surface area contributed by atoms with E-state index in [0.717, 1.165) is 29.5 Å². The zero-order valence-electron chi connectivity index (χ0n) is 18.2. The molecule has 0 unspecified atom stereocenters. The maximum atomic E-state index is 13.7. The smallest absolute Gasteiger partial charge is 0.215 e. The van der Waals surface area contributed by atoms with Crippen molar-refractivity contribution in [3.63, 3.8) is 0 Å². The number of anilines is 1.